The number of benzene rings is 1. The Hall–Kier alpha value is -2.62. The van der Waals surface area contributed by atoms with Crippen LogP contribution in [0.2, 0.25) is 0 Å². The number of rotatable bonds is 5. The second kappa shape index (κ2) is 8.17. The zero-order valence-corrected chi connectivity index (χ0v) is 16.3. The fourth-order valence-corrected chi connectivity index (χ4v) is 4.26. The SMILES string of the molecule is COc1ccnc(/C(C(N)=O)=C2/Nc3ccc(CN4CCOCC4)cc3S2)n1. The Labute approximate surface area is 167 Å². The zero-order valence-electron chi connectivity index (χ0n) is 15.5. The molecule has 146 valence electrons. The molecule has 1 aromatic carbocycles. The van der Waals surface area contributed by atoms with Crippen LogP contribution in [-0.2, 0) is 16.1 Å². The molecular weight excluding hydrogens is 378 g/mol. The van der Waals surface area contributed by atoms with Crippen molar-refractivity contribution >= 4 is 28.9 Å². The molecule has 2 aliphatic heterocycles. The smallest absolute Gasteiger partial charge is 0.255 e. The van der Waals surface area contributed by atoms with Gasteiger partial charge in [-0.2, -0.15) is 4.98 Å². The lowest BCUT2D eigenvalue weighted by molar-refractivity contribution is -0.112. The van der Waals surface area contributed by atoms with Gasteiger partial charge in [0.1, 0.15) is 5.57 Å². The average molecular weight is 399 g/mol. The number of hydrogen-bond donors (Lipinski definition) is 2. The third kappa shape index (κ3) is 3.96. The monoisotopic (exact) mass is 399 g/mol. The molecule has 28 heavy (non-hydrogen) atoms. The average Bonchev–Trinajstić information content (AvgIpc) is 3.11. The molecule has 1 amide bonds. The number of anilines is 1. The summed E-state index contributed by atoms with van der Waals surface area (Å²) in [5.41, 5.74) is 8.04. The molecule has 1 aromatic heterocycles. The molecule has 3 heterocycles. The van der Waals surface area contributed by atoms with Crippen molar-refractivity contribution in [2.24, 2.45) is 5.73 Å². The van der Waals surface area contributed by atoms with Crippen LogP contribution in [0.25, 0.3) is 5.57 Å². The number of hydrogen-bond acceptors (Lipinski definition) is 8. The van der Waals surface area contributed by atoms with Crippen molar-refractivity contribution in [1.29, 1.82) is 0 Å². The quantitative estimate of drug-likeness (QED) is 0.733. The molecule has 9 heteroatoms. The zero-order chi connectivity index (χ0) is 19.5. The Balaban J connectivity index is 1.60. The lowest BCUT2D eigenvalue weighted by atomic mass is 10.2. The van der Waals surface area contributed by atoms with E-state index in [0.29, 0.717) is 10.9 Å². The maximum absolute atomic E-state index is 12.1. The van der Waals surface area contributed by atoms with Crippen LogP contribution in [0.1, 0.15) is 11.4 Å². The van der Waals surface area contributed by atoms with Gasteiger partial charge in [-0.05, 0) is 17.7 Å². The summed E-state index contributed by atoms with van der Waals surface area (Å²) in [6.45, 7) is 4.30. The predicted molar refractivity (Wildman–Crippen MR) is 107 cm³/mol. The Morgan fingerprint density at radius 1 is 1.36 bits per heavy atom. The van der Waals surface area contributed by atoms with E-state index in [9.17, 15) is 4.79 Å². The van der Waals surface area contributed by atoms with E-state index in [1.165, 1.54) is 30.6 Å². The number of aromatic nitrogens is 2. The highest BCUT2D eigenvalue weighted by molar-refractivity contribution is 8.04. The second-order valence-electron chi connectivity index (χ2n) is 6.44. The molecule has 3 N–H and O–H groups in total. The number of thioether (sulfide) groups is 1. The van der Waals surface area contributed by atoms with E-state index in [1.807, 2.05) is 6.07 Å². The minimum Gasteiger partial charge on any atom is -0.481 e. The molecule has 0 saturated carbocycles. The first-order valence-electron chi connectivity index (χ1n) is 8.93. The Bertz CT molecular complexity index is 928. The Morgan fingerprint density at radius 2 is 2.18 bits per heavy atom. The number of nitrogens with one attached hydrogen (secondary N) is 1. The predicted octanol–water partition coefficient (Wildman–Crippen LogP) is 1.69. The van der Waals surface area contributed by atoms with Crippen molar-refractivity contribution in [3.63, 3.8) is 0 Å². The Morgan fingerprint density at radius 3 is 2.93 bits per heavy atom. The number of ether oxygens (including phenoxy) is 2. The molecule has 0 radical (unpaired) electrons. The van der Waals surface area contributed by atoms with E-state index in [-0.39, 0.29) is 11.4 Å². The third-order valence-electron chi connectivity index (χ3n) is 4.55. The van der Waals surface area contributed by atoms with Crippen LogP contribution in [0, 0.1) is 0 Å². The van der Waals surface area contributed by atoms with Gasteiger partial charge < -0.3 is 20.5 Å². The maximum Gasteiger partial charge on any atom is 0.255 e. The lowest BCUT2D eigenvalue weighted by Crippen LogP contribution is -2.35. The highest BCUT2D eigenvalue weighted by atomic mass is 32.2. The highest BCUT2D eigenvalue weighted by Gasteiger charge is 2.26. The number of nitrogens with two attached hydrogens (primary N) is 1. The molecule has 0 bridgehead atoms. The van der Waals surface area contributed by atoms with Crippen LogP contribution in [0.4, 0.5) is 5.69 Å². The first-order valence-corrected chi connectivity index (χ1v) is 9.75. The summed E-state index contributed by atoms with van der Waals surface area (Å²) < 4.78 is 10.5. The topological polar surface area (TPSA) is 103 Å². The summed E-state index contributed by atoms with van der Waals surface area (Å²) in [5.74, 6) is 0.0189. The van der Waals surface area contributed by atoms with Gasteiger partial charge in [-0.25, -0.2) is 4.98 Å². The van der Waals surface area contributed by atoms with Crippen LogP contribution in [0.5, 0.6) is 5.88 Å². The summed E-state index contributed by atoms with van der Waals surface area (Å²) >= 11 is 1.46. The molecule has 0 spiro atoms. The van der Waals surface area contributed by atoms with Gasteiger partial charge in [0.2, 0.25) is 5.88 Å². The number of nitrogens with zero attached hydrogens (tertiary/aromatic N) is 3. The number of morpholine rings is 1. The summed E-state index contributed by atoms with van der Waals surface area (Å²) in [4.78, 5) is 24.0. The van der Waals surface area contributed by atoms with E-state index in [1.54, 1.807) is 6.07 Å². The van der Waals surface area contributed by atoms with Gasteiger partial charge in [-0.3, -0.25) is 9.69 Å². The number of carbonyl (C=O) groups excluding carboxylic acids is 1. The van der Waals surface area contributed by atoms with Gasteiger partial charge in [-0.15, -0.1) is 0 Å². The van der Waals surface area contributed by atoms with Crippen molar-refractivity contribution in [2.75, 3.05) is 38.7 Å². The van der Waals surface area contributed by atoms with Crippen LogP contribution in [-0.4, -0.2) is 54.2 Å². The van der Waals surface area contributed by atoms with Crippen molar-refractivity contribution in [1.82, 2.24) is 14.9 Å². The van der Waals surface area contributed by atoms with Crippen LogP contribution in [0.3, 0.4) is 0 Å². The molecule has 8 nitrogen and oxygen atoms in total. The third-order valence-corrected chi connectivity index (χ3v) is 5.62. The molecule has 1 saturated heterocycles. The first-order chi connectivity index (χ1) is 13.6. The molecule has 0 aliphatic carbocycles. The van der Waals surface area contributed by atoms with Crippen LogP contribution >= 0.6 is 11.8 Å². The molecule has 0 atom stereocenters. The molecule has 0 unspecified atom stereocenters. The molecule has 2 aliphatic rings. The molecular formula is C19H21N5O3S. The maximum atomic E-state index is 12.1. The van der Waals surface area contributed by atoms with Gasteiger partial charge >= 0.3 is 0 Å². The minimum atomic E-state index is -0.593. The van der Waals surface area contributed by atoms with Crippen molar-refractivity contribution in [3.8, 4) is 5.88 Å². The largest absolute Gasteiger partial charge is 0.481 e. The van der Waals surface area contributed by atoms with Crippen molar-refractivity contribution < 1.29 is 14.3 Å². The van der Waals surface area contributed by atoms with E-state index >= 15 is 0 Å². The fourth-order valence-electron chi connectivity index (χ4n) is 3.14. The number of amides is 1. The number of carbonyl (C=O) groups is 1. The van der Waals surface area contributed by atoms with E-state index in [4.69, 9.17) is 15.2 Å². The fraction of sp³-hybridized carbons (Fsp3) is 0.316. The van der Waals surface area contributed by atoms with Crippen LogP contribution in [0.15, 0.2) is 40.4 Å². The summed E-state index contributed by atoms with van der Waals surface area (Å²) in [6.07, 6.45) is 1.54. The summed E-state index contributed by atoms with van der Waals surface area (Å²) in [7, 11) is 1.51. The normalized spacial score (nSPS) is 18.3. The van der Waals surface area contributed by atoms with E-state index in [0.717, 1.165) is 43.4 Å². The highest BCUT2D eigenvalue weighted by Crippen LogP contribution is 2.44. The van der Waals surface area contributed by atoms with Gasteiger partial charge in [0.25, 0.3) is 5.91 Å². The van der Waals surface area contributed by atoms with Gasteiger partial charge in [-0.1, -0.05) is 17.8 Å². The Kier molecular flexibility index (Phi) is 5.47. The first kappa shape index (κ1) is 18.7. The summed E-state index contributed by atoms with van der Waals surface area (Å²) in [5, 5.41) is 3.89. The number of methoxy groups -OCH3 is 1. The molecule has 2 aromatic rings. The van der Waals surface area contributed by atoms with Crippen LogP contribution < -0.4 is 15.8 Å². The standard InChI is InChI=1S/C19H21N5O3S/c1-26-15-4-5-21-18(23-15)16(17(20)25)19-22-13-3-2-12(10-14(13)28-19)11-24-6-8-27-9-7-24/h2-5,10,22H,6-9,11H2,1H3,(H2,20,25)/b19-16-. The van der Waals surface area contributed by atoms with Gasteiger partial charge in [0.15, 0.2) is 5.82 Å². The van der Waals surface area contributed by atoms with Gasteiger partial charge in [0.05, 0.1) is 31.0 Å². The van der Waals surface area contributed by atoms with Crippen molar-refractivity contribution in [2.45, 2.75) is 11.4 Å². The number of primary amides is 1. The lowest BCUT2D eigenvalue weighted by Gasteiger charge is -2.26. The van der Waals surface area contributed by atoms with E-state index < -0.39 is 5.91 Å². The molecule has 4 rings (SSSR count). The molecule has 1 fully saturated rings. The van der Waals surface area contributed by atoms with E-state index in [2.05, 4.69) is 32.3 Å². The minimum absolute atomic E-state index is 0.239. The number of fused-ring (bicyclic) bond motifs is 1. The van der Waals surface area contributed by atoms with Crippen molar-refractivity contribution in [3.05, 3.63) is 46.9 Å². The van der Waals surface area contributed by atoms with Gasteiger partial charge in [0, 0.05) is 36.8 Å². The second-order valence-corrected chi connectivity index (χ2v) is 7.49. The summed E-state index contributed by atoms with van der Waals surface area (Å²) in [6, 6.07) is 7.88.